The summed E-state index contributed by atoms with van der Waals surface area (Å²) in [5, 5.41) is 3.27. The molecule has 0 bridgehead atoms. The molecule has 5 rings (SSSR count). The summed E-state index contributed by atoms with van der Waals surface area (Å²) in [5.74, 6) is 3.01. The maximum Gasteiger partial charge on any atom is 0.264 e. The SMILES string of the molecule is CCCCc1nc(N2CCN(C(=O)c3cccs3)CC2)c2c3c(sc2n1)CC(C)CC3. The standard InChI is InChI=1S/C24H30N4OS2/c1-3-4-7-20-25-22(21-17-9-8-16(2)15-19(17)31-23(21)26-20)27-10-12-28(13-11-27)24(29)18-6-5-14-30-18/h5-6,14,16H,3-4,7-13,15H2,1-2H3. The lowest BCUT2D eigenvalue weighted by Crippen LogP contribution is -2.49. The van der Waals surface area contributed by atoms with Gasteiger partial charge < -0.3 is 9.80 Å². The fraction of sp³-hybridized carbons (Fsp3) is 0.542. The minimum atomic E-state index is 0.160. The van der Waals surface area contributed by atoms with Gasteiger partial charge in [0.2, 0.25) is 0 Å². The Hall–Kier alpha value is -1.99. The van der Waals surface area contributed by atoms with Crippen LogP contribution in [0.4, 0.5) is 5.82 Å². The molecular formula is C24H30N4OS2. The second kappa shape index (κ2) is 8.87. The second-order valence-electron chi connectivity index (χ2n) is 8.86. The Balaban J connectivity index is 1.45. The Bertz CT molecular complexity index is 1070. The molecule has 3 aromatic heterocycles. The van der Waals surface area contributed by atoms with Crippen LogP contribution in [0.1, 0.15) is 59.0 Å². The quantitative estimate of drug-likeness (QED) is 0.533. The number of thiophene rings is 2. The average Bonchev–Trinajstić information content (AvgIpc) is 3.44. The molecular weight excluding hydrogens is 424 g/mol. The molecule has 1 atom stereocenters. The van der Waals surface area contributed by atoms with Crippen LogP contribution in [0.25, 0.3) is 10.2 Å². The highest BCUT2D eigenvalue weighted by Crippen LogP contribution is 2.41. The molecule has 5 nitrogen and oxygen atoms in total. The summed E-state index contributed by atoms with van der Waals surface area (Å²) < 4.78 is 0. The van der Waals surface area contributed by atoms with Gasteiger partial charge in [-0.15, -0.1) is 22.7 Å². The second-order valence-corrected chi connectivity index (χ2v) is 10.9. The number of nitrogens with zero attached hydrogens (tertiary/aromatic N) is 4. The first kappa shape index (κ1) is 20.9. The van der Waals surface area contributed by atoms with Gasteiger partial charge in [-0.1, -0.05) is 26.3 Å². The van der Waals surface area contributed by atoms with Crippen molar-refractivity contribution < 1.29 is 4.79 Å². The van der Waals surface area contributed by atoms with Gasteiger partial charge in [-0.25, -0.2) is 9.97 Å². The number of carbonyl (C=O) groups is 1. The van der Waals surface area contributed by atoms with E-state index < -0.39 is 0 Å². The molecule has 1 amide bonds. The molecule has 1 unspecified atom stereocenters. The number of amides is 1. The summed E-state index contributed by atoms with van der Waals surface area (Å²) in [5.41, 5.74) is 1.49. The van der Waals surface area contributed by atoms with Crippen LogP contribution in [0.15, 0.2) is 17.5 Å². The highest BCUT2D eigenvalue weighted by atomic mass is 32.1. The van der Waals surface area contributed by atoms with Gasteiger partial charge in [0.1, 0.15) is 16.5 Å². The first-order valence-electron chi connectivity index (χ1n) is 11.5. The minimum absolute atomic E-state index is 0.160. The van der Waals surface area contributed by atoms with Crippen molar-refractivity contribution in [2.45, 2.75) is 52.4 Å². The van der Waals surface area contributed by atoms with E-state index in [4.69, 9.17) is 9.97 Å². The van der Waals surface area contributed by atoms with Crippen LogP contribution in [0.3, 0.4) is 0 Å². The van der Waals surface area contributed by atoms with Crippen molar-refractivity contribution in [1.29, 1.82) is 0 Å². The van der Waals surface area contributed by atoms with E-state index >= 15 is 0 Å². The zero-order valence-electron chi connectivity index (χ0n) is 18.4. The first-order chi connectivity index (χ1) is 15.1. The van der Waals surface area contributed by atoms with E-state index in [1.165, 1.54) is 44.8 Å². The van der Waals surface area contributed by atoms with Gasteiger partial charge in [0, 0.05) is 37.5 Å². The first-order valence-corrected chi connectivity index (χ1v) is 13.2. The number of carbonyl (C=O) groups excluding carboxylic acids is 1. The maximum atomic E-state index is 12.8. The van der Waals surface area contributed by atoms with Crippen LogP contribution in [0, 0.1) is 5.92 Å². The van der Waals surface area contributed by atoms with Crippen molar-refractivity contribution >= 4 is 44.6 Å². The van der Waals surface area contributed by atoms with Crippen molar-refractivity contribution in [2.75, 3.05) is 31.1 Å². The summed E-state index contributed by atoms with van der Waals surface area (Å²) >= 11 is 3.42. The molecule has 0 aromatic carbocycles. The molecule has 31 heavy (non-hydrogen) atoms. The molecule has 0 radical (unpaired) electrons. The fourth-order valence-electron chi connectivity index (χ4n) is 4.72. The van der Waals surface area contributed by atoms with Gasteiger partial charge in [0.25, 0.3) is 5.91 Å². The van der Waals surface area contributed by atoms with Crippen LogP contribution in [0.2, 0.25) is 0 Å². The Morgan fingerprint density at radius 1 is 1.23 bits per heavy atom. The van der Waals surface area contributed by atoms with Crippen molar-refractivity contribution in [3.8, 4) is 0 Å². The third-order valence-corrected chi connectivity index (χ3v) is 8.54. The number of hydrogen-bond donors (Lipinski definition) is 0. The largest absolute Gasteiger partial charge is 0.352 e. The summed E-state index contributed by atoms with van der Waals surface area (Å²) in [4.78, 5) is 30.8. The van der Waals surface area contributed by atoms with Crippen LogP contribution < -0.4 is 4.90 Å². The molecule has 0 N–H and O–H groups in total. The van der Waals surface area contributed by atoms with Crippen LogP contribution >= 0.6 is 22.7 Å². The smallest absolute Gasteiger partial charge is 0.264 e. The van der Waals surface area contributed by atoms with Crippen LogP contribution in [-0.4, -0.2) is 47.0 Å². The van der Waals surface area contributed by atoms with Gasteiger partial charge in [0.05, 0.1) is 10.3 Å². The zero-order chi connectivity index (χ0) is 21.4. The number of aryl methyl sites for hydroxylation is 2. The third-order valence-electron chi connectivity index (χ3n) is 6.53. The Morgan fingerprint density at radius 2 is 2.06 bits per heavy atom. The summed E-state index contributed by atoms with van der Waals surface area (Å²) in [7, 11) is 0. The van der Waals surface area contributed by atoms with Gasteiger partial charge in [0.15, 0.2) is 0 Å². The van der Waals surface area contributed by atoms with E-state index in [0.717, 1.165) is 74.3 Å². The Morgan fingerprint density at radius 3 is 2.81 bits per heavy atom. The maximum absolute atomic E-state index is 12.8. The zero-order valence-corrected chi connectivity index (χ0v) is 20.0. The normalized spacial score (nSPS) is 19.1. The molecule has 0 saturated carbocycles. The molecule has 164 valence electrons. The Labute approximate surface area is 192 Å². The van der Waals surface area contributed by atoms with E-state index in [2.05, 4.69) is 18.7 Å². The van der Waals surface area contributed by atoms with Crippen molar-refractivity contribution in [1.82, 2.24) is 14.9 Å². The van der Waals surface area contributed by atoms with Crippen LogP contribution in [0.5, 0.6) is 0 Å². The molecule has 2 aliphatic rings. The number of fused-ring (bicyclic) bond motifs is 3. The van der Waals surface area contributed by atoms with E-state index in [-0.39, 0.29) is 5.91 Å². The lowest BCUT2D eigenvalue weighted by molar-refractivity contribution is 0.0751. The highest BCUT2D eigenvalue weighted by Gasteiger charge is 2.29. The van der Waals surface area contributed by atoms with Gasteiger partial charge in [-0.05, 0) is 48.6 Å². The lowest BCUT2D eigenvalue weighted by Gasteiger charge is -2.36. The minimum Gasteiger partial charge on any atom is -0.352 e. The molecule has 7 heteroatoms. The predicted molar refractivity (Wildman–Crippen MR) is 130 cm³/mol. The third kappa shape index (κ3) is 4.10. The fourth-order valence-corrected chi connectivity index (χ4v) is 6.81. The predicted octanol–water partition coefficient (Wildman–Crippen LogP) is 5.18. The van der Waals surface area contributed by atoms with Crippen molar-refractivity contribution in [3.05, 3.63) is 38.7 Å². The molecule has 1 aliphatic carbocycles. The van der Waals surface area contributed by atoms with Gasteiger partial charge >= 0.3 is 0 Å². The number of unbranched alkanes of at least 4 members (excludes halogenated alkanes) is 1. The van der Waals surface area contributed by atoms with Crippen molar-refractivity contribution in [2.24, 2.45) is 5.92 Å². The van der Waals surface area contributed by atoms with E-state index in [0.29, 0.717) is 0 Å². The average molecular weight is 455 g/mol. The molecule has 1 fully saturated rings. The van der Waals surface area contributed by atoms with Crippen molar-refractivity contribution in [3.63, 3.8) is 0 Å². The van der Waals surface area contributed by atoms with Gasteiger partial charge in [-0.3, -0.25) is 4.79 Å². The number of rotatable bonds is 5. The molecule has 3 aromatic rings. The number of piperazine rings is 1. The van der Waals surface area contributed by atoms with E-state index in [1.807, 2.05) is 33.7 Å². The molecule has 0 spiro atoms. The molecule has 4 heterocycles. The van der Waals surface area contributed by atoms with E-state index in [1.54, 1.807) is 0 Å². The Kier molecular flexibility index (Phi) is 5.97. The lowest BCUT2D eigenvalue weighted by atomic mass is 9.89. The van der Waals surface area contributed by atoms with Gasteiger partial charge in [-0.2, -0.15) is 0 Å². The monoisotopic (exact) mass is 454 g/mol. The molecule has 1 aliphatic heterocycles. The van der Waals surface area contributed by atoms with Crippen LogP contribution in [-0.2, 0) is 19.3 Å². The summed E-state index contributed by atoms with van der Waals surface area (Å²) in [6.07, 6.45) is 6.77. The van der Waals surface area contributed by atoms with E-state index in [9.17, 15) is 4.79 Å². The highest BCUT2D eigenvalue weighted by molar-refractivity contribution is 7.19. The molecule has 1 saturated heterocycles. The number of anilines is 1. The number of aromatic nitrogens is 2. The topological polar surface area (TPSA) is 49.3 Å². The summed E-state index contributed by atoms with van der Waals surface area (Å²) in [6.45, 7) is 7.73. The summed E-state index contributed by atoms with van der Waals surface area (Å²) in [6, 6.07) is 3.87. The number of hydrogen-bond acceptors (Lipinski definition) is 6.